The summed E-state index contributed by atoms with van der Waals surface area (Å²) in [6.07, 6.45) is 0.387. The van der Waals surface area contributed by atoms with Gasteiger partial charge >= 0.3 is 0 Å². The highest BCUT2D eigenvalue weighted by Crippen LogP contribution is 2.31. The maximum Gasteiger partial charge on any atom is 0.257 e. The number of benzene rings is 2. The second-order valence-electron chi connectivity index (χ2n) is 5.64. The van der Waals surface area contributed by atoms with E-state index >= 15 is 0 Å². The average Bonchev–Trinajstić information content (AvgIpc) is 3.20. The van der Waals surface area contributed by atoms with Gasteiger partial charge in [-0.05, 0) is 42.0 Å². The van der Waals surface area contributed by atoms with Crippen LogP contribution in [-0.2, 0) is 11.2 Å². The van der Waals surface area contributed by atoms with E-state index in [4.69, 9.17) is 0 Å². The zero-order chi connectivity index (χ0) is 17.4. The Bertz CT molecular complexity index is 980. The number of amides is 2. The molecule has 0 atom stereocenters. The van der Waals surface area contributed by atoms with E-state index in [9.17, 15) is 9.59 Å². The predicted octanol–water partition coefficient (Wildman–Crippen LogP) is 3.85. The van der Waals surface area contributed by atoms with E-state index in [-0.39, 0.29) is 11.8 Å². The third-order valence-corrected chi connectivity index (χ3v) is 4.94. The average molecular weight is 367 g/mol. The van der Waals surface area contributed by atoms with Crippen LogP contribution in [0.3, 0.4) is 0 Å². The first-order valence-corrected chi connectivity index (χ1v) is 8.90. The van der Waals surface area contributed by atoms with Gasteiger partial charge in [0.05, 0.1) is 12.1 Å². The van der Waals surface area contributed by atoms with E-state index in [2.05, 4.69) is 28.2 Å². The molecule has 3 aromatic rings. The Labute approximate surface area is 153 Å². The van der Waals surface area contributed by atoms with Gasteiger partial charge in [-0.3, -0.25) is 14.9 Å². The van der Waals surface area contributed by atoms with Gasteiger partial charge < -0.3 is 5.32 Å². The summed E-state index contributed by atoms with van der Waals surface area (Å²) in [4.78, 5) is 29.0. The van der Waals surface area contributed by atoms with Crippen molar-refractivity contribution in [2.24, 2.45) is 0 Å². The van der Waals surface area contributed by atoms with Crippen molar-refractivity contribution in [2.75, 3.05) is 10.6 Å². The first-order chi connectivity index (χ1) is 12.1. The summed E-state index contributed by atoms with van der Waals surface area (Å²) in [5.74, 6) is -0.205. The zero-order valence-corrected chi connectivity index (χ0v) is 14.7. The smallest absolute Gasteiger partial charge is 0.257 e. The minimum absolute atomic E-state index is 0.00520. The molecular formula is C18H13N3O2S2. The number of aromatic nitrogens is 1. The molecule has 0 unspecified atom stereocenters. The fraction of sp³-hybridized carbons (Fsp3) is 0.0556. The van der Waals surface area contributed by atoms with Crippen LogP contribution in [-0.4, -0.2) is 16.8 Å². The normalized spacial score (nSPS) is 12.6. The lowest BCUT2D eigenvalue weighted by molar-refractivity contribution is -0.115. The van der Waals surface area contributed by atoms with E-state index in [0.717, 1.165) is 27.4 Å². The molecule has 124 valence electrons. The second-order valence-corrected chi connectivity index (χ2v) is 7.01. The van der Waals surface area contributed by atoms with Crippen molar-refractivity contribution in [3.63, 3.8) is 0 Å². The lowest BCUT2D eigenvalue weighted by atomic mass is 10.1. The Hall–Kier alpha value is -2.64. The number of thiazole rings is 1. The second kappa shape index (κ2) is 6.34. The van der Waals surface area contributed by atoms with E-state index < -0.39 is 0 Å². The molecule has 0 saturated heterocycles. The Morgan fingerprint density at radius 3 is 2.80 bits per heavy atom. The summed E-state index contributed by atoms with van der Waals surface area (Å²) in [5, 5.41) is 8.03. The molecule has 2 N–H and O–H groups in total. The molecule has 0 saturated carbocycles. The first-order valence-electron chi connectivity index (χ1n) is 7.57. The van der Waals surface area contributed by atoms with Crippen molar-refractivity contribution in [1.82, 2.24) is 4.98 Å². The number of hydrogen-bond donors (Lipinski definition) is 3. The van der Waals surface area contributed by atoms with Crippen molar-refractivity contribution < 1.29 is 9.59 Å². The third kappa shape index (κ3) is 3.29. The highest BCUT2D eigenvalue weighted by Gasteiger charge is 2.18. The molecule has 1 aliphatic rings. The number of fused-ring (bicyclic) bond motifs is 1. The minimum Gasteiger partial charge on any atom is -0.326 e. The standard InChI is InChI=1S/C18H13N3O2S2/c22-16-8-12-7-11(3-6-14(12)19-16)15-9-25-18(20-15)21-17(23)10-1-4-13(24)5-2-10/h1-7,9,24H,8H2,(H,19,22)(H,20,21,23). The van der Waals surface area contributed by atoms with Gasteiger partial charge in [-0.15, -0.1) is 24.0 Å². The molecule has 1 aromatic heterocycles. The van der Waals surface area contributed by atoms with Gasteiger partial charge in [0.1, 0.15) is 0 Å². The molecular weight excluding hydrogens is 354 g/mol. The van der Waals surface area contributed by atoms with Crippen LogP contribution >= 0.6 is 24.0 Å². The van der Waals surface area contributed by atoms with Crippen molar-refractivity contribution in [3.05, 3.63) is 59.0 Å². The van der Waals surface area contributed by atoms with Crippen LogP contribution in [0.25, 0.3) is 11.3 Å². The Morgan fingerprint density at radius 2 is 2.00 bits per heavy atom. The van der Waals surface area contributed by atoms with Gasteiger partial charge in [0.15, 0.2) is 5.13 Å². The Kier molecular flexibility index (Phi) is 4.03. The van der Waals surface area contributed by atoms with Crippen LogP contribution < -0.4 is 10.6 Å². The summed E-state index contributed by atoms with van der Waals surface area (Å²) < 4.78 is 0. The number of carbonyl (C=O) groups excluding carboxylic acids is 2. The number of anilines is 2. The molecule has 0 radical (unpaired) electrons. The van der Waals surface area contributed by atoms with E-state index in [0.29, 0.717) is 17.1 Å². The van der Waals surface area contributed by atoms with Gasteiger partial charge in [0, 0.05) is 27.1 Å². The van der Waals surface area contributed by atoms with Crippen molar-refractivity contribution >= 4 is 46.6 Å². The molecule has 2 aromatic carbocycles. The van der Waals surface area contributed by atoms with Crippen molar-refractivity contribution in [1.29, 1.82) is 0 Å². The number of nitrogens with zero attached hydrogens (tertiary/aromatic N) is 1. The summed E-state index contributed by atoms with van der Waals surface area (Å²) in [6, 6.07) is 12.7. The van der Waals surface area contributed by atoms with Crippen LogP contribution in [0.15, 0.2) is 52.7 Å². The van der Waals surface area contributed by atoms with E-state index in [1.54, 1.807) is 24.3 Å². The van der Waals surface area contributed by atoms with Crippen LogP contribution in [0, 0.1) is 0 Å². The SMILES string of the molecule is O=C1Cc2cc(-c3csc(NC(=O)c4ccc(S)cc4)n3)ccc2N1. The molecule has 7 heteroatoms. The molecule has 4 rings (SSSR count). The van der Waals surface area contributed by atoms with Gasteiger partial charge in [-0.25, -0.2) is 4.98 Å². The van der Waals surface area contributed by atoms with Gasteiger partial charge in [0.2, 0.25) is 5.91 Å². The fourth-order valence-corrected chi connectivity index (χ4v) is 3.50. The largest absolute Gasteiger partial charge is 0.326 e. The summed E-state index contributed by atoms with van der Waals surface area (Å²) in [7, 11) is 0. The Balaban J connectivity index is 1.53. The molecule has 5 nitrogen and oxygen atoms in total. The third-order valence-electron chi connectivity index (χ3n) is 3.88. The highest BCUT2D eigenvalue weighted by molar-refractivity contribution is 7.80. The Morgan fingerprint density at radius 1 is 1.20 bits per heavy atom. The highest BCUT2D eigenvalue weighted by atomic mass is 32.1. The summed E-state index contributed by atoms with van der Waals surface area (Å²) in [5.41, 5.74) is 4.06. The fourth-order valence-electron chi connectivity index (χ4n) is 2.63. The summed E-state index contributed by atoms with van der Waals surface area (Å²) in [6.45, 7) is 0. The molecule has 25 heavy (non-hydrogen) atoms. The first kappa shape index (κ1) is 15.9. The number of carbonyl (C=O) groups is 2. The number of rotatable bonds is 3. The van der Waals surface area contributed by atoms with Crippen LogP contribution in [0.2, 0.25) is 0 Å². The molecule has 2 heterocycles. The van der Waals surface area contributed by atoms with Crippen LogP contribution in [0.4, 0.5) is 10.8 Å². The minimum atomic E-state index is -0.210. The number of nitrogens with one attached hydrogen (secondary N) is 2. The molecule has 0 fully saturated rings. The predicted molar refractivity (Wildman–Crippen MR) is 102 cm³/mol. The zero-order valence-electron chi connectivity index (χ0n) is 12.9. The van der Waals surface area contributed by atoms with Crippen LogP contribution in [0.1, 0.15) is 15.9 Å². The molecule has 1 aliphatic heterocycles. The van der Waals surface area contributed by atoms with Gasteiger partial charge in [0.25, 0.3) is 5.91 Å². The monoisotopic (exact) mass is 367 g/mol. The van der Waals surface area contributed by atoms with Crippen molar-refractivity contribution in [3.8, 4) is 11.3 Å². The topological polar surface area (TPSA) is 71.1 Å². The van der Waals surface area contributed by atoms with E-state index in [1.807, 2.05) is 23.6 Å². The quantitative estimate of drug-likeness (QED) is 0.616. The molecule has 0 aliphatic carbocycles. The lowest BCUT2D eigenvalue weighted by Gasteiger charge is -2.03. The lowest BCUT2D eigenvalue weighted by Crippen LogP contribution is -2.11. The van der Waals surface area contributed by atoms with Crippen molar-refractivity contribution in [2.45, 2.75) is 11.3 Å². The maximum absolute atomic E-state index is 12.2. The summed E-state index contributed by atoms with van der Waals surface area (Å²) >= 11 is 5.57. The van der Waals surface area contributed by atoms with E-state index in [1.165, 1.54) is 11.3 Å². The number of hydrogen-bond acceptors (Lipinski definition) is 5. The maximum atomic E-state index is 12.2. The molecule has 2 amide bonds. The molecule has 0 spiro atoms. The molecule has 0 bridgehead atoms. The van der Waals surface area contributed by atoms with Gasteiger partial charge in [-0.1, -0.05) is 6.07 Å². The van der Waals surface area contributed by atoms with Crippen LogP contribution in [0.5, 0.6) is 0 Å². The van der Waals surface area contributed by atoms with Gasteiger partial charge in [-0.2, -0.15) is 0 Å². The number of thiol groups is 1.